The molecule has 1 aliphatic rings. The van der Waals surface area contributed by atoms with Gasteiger partial charge >= 0.3 is 0 Å². The molecule has 1 nitrogen and oxygen atoms in total. The van der Waals surface area contributed by atoms with Gasteiger partial charge in [0.1, 0.15) is 0 Å². The maximum Gasteiger partial charge on any atom is 0.196 e. The summed E-state index contributed by atoms with van der Waals surface area (Å²) in [6, 6.07) is 2.35. The highest BCUT2D eigenvalue weighted by molar-refractivity contribution is 5.46. The van der Waals surface area contributed by atoms with E-state index in [0.717, 1.165) is 31.7 Å². The van der Waals surface area contributed by atoms with Crippen molar-refractivity contribution in [3.05, 3.63) is 29.6 Å². The second-order valence-electron chi connectivity index (χ2n) is 5.81. The van der Waals surface area contributed by atoms with Gasteiger partial charge in [-0.1, -0.05) is 13.8 Å². The van der Waals surface area contributed by atoms with Crippen molar-refractivity contribution in [3.63, 3.8) is 0 Å². The lowest BCUT2D eigenvalue weighted by molar-refractivity contribution is 0.232. The molecule has 0 heterocycles. The highest BCUT2D eigenvalue weighted by Gasteiger charge is 2.27. The second kappa shape index (κ2) is 4.82. The van der Waals surface area contributed by atoms with E-state index in [4.69, 9.17) is 0 Å². The Kier molecular flexibility index (Phi) is 3.55. The molecule has 4 heteroatoms. The van der Waals surface area contributed by atoms with Gasteiger partial charge in [-0.2, -0.15) is 0 Å². The van der Waals surface area contributed by atoms with Crippen LogP contribution in [-0.4, -0.2) is 6.04 Å². The highest BCUT2D eigenvalue weighted by Crippen LogP contribution is 2.36. The van der Waals surface area contributed by atoms with Gasteiger partial charge in [0, 0.05) is 6.04 Å². The Morgan fingerprint density at radius 3 is 2.28 bits per heavy atom. The minimum Gasteiger partial charge on any atom is -0.380 e. The average Bonchev–Trinajstić information content (AvgIpc) is 2.32. The number of hydrogen-bond donors (Lipinski definition) is 1. The fourth-order valence-electron chi connectivity index (χ4n) is 2.40. The van der Waals surface area contributed by atoms with E-state index in [1.807, 2.05) is 0 Å². The van der Waals surface area contributed by atoms with Crippen LogP contribution in [0.25, 0.3) is 0 Å². The molecule has 0 aromatic heterocycles. The highest BCUT2D eigenvalue weighted by atomic mass is 19.2. The first kappa shape index (κ1) is 13.2. The number of benzene rings is 1. The van der Waals surface area contributed by atoms with Crippen molar-refractivity contribution in [2.24, 2.45) is 5.41 Å². The van der Waals surface area contributed by atoms with Crippen molar-refractivity contribution in [2.45, 2.75) is 45.6 Å². The molecule has 0 saturated heterocycles. The van der Waals surface area contributed by atoms with Crippen LogP contribution in [0.3, 0.4) is 0 Å². The van der Waals surface area contributed by atoms with Gasteiger partial charge in [0.25, 0.3) is 0 Å². The van der Waals surface area contributed by atoms with E-state index in [2.05, 4.69) is 19.2 Å². The number of rotatable bonds is 2. The maximum absolute atomic E-state index is 13.5. The van der Waals surface area contributed by atoms with Crippen molar-refractivity contribution < 1.29 is 13.2 Å². The van der Waals surface area contributed by atoms with Gasteiger partial charge in [0.05, 0.1) is 5.69 Å². The van der Waals surface area contributed by atoms with E-state index < -0.39 is 17.5 Å². The molecular formula is C14H18F3N. The van der Waals surface area contributed by atoms with Crippen LogP contribution in [0.4, 0.5) is 18.9 Å². The van der Waals surface area contributed by atoms with Crippen molar-refractivity contribution in [2.75, 3.05) is 5.32 Å². The van der Waals surface area contributed by atoms with Gasteiger partial charge in [-0.15, -0.1) is 0 Å². The van der Waals surface area contributed by atoms with Crippen molar-refractivity contribution in [3.8, 4) is 0 Å². The zero-order chi connectivity index (χ0) is 13.3. The molecule has 0 radical (unpaired) electrons. The maximum atomic E-state index is 13.5. The Morgan fingerprint density at radius 2 is 1.67 bits per heavy atom. The van der Waals surface area contributed by atoms with Gasteiger partial charge in [0.15, 0.2) is 17.5 Å². The van der Waals surface area contributed by atoms with Gasteiger partial charge in [-0.3, -0.25) is 0 Å². The molecule has 0 aliphatic heterocycles. The molecule has 18 heavy (non-hydrogen) atoms. The molecule has 0 bridgehead atoms. The molecule has 1 aliphatic carbocycles. The normalized spacial score (nSPS) is 19.8. The van der Waals surface area contributed by atoms with Crippen LogP contribution in [0, 0.1) is 22.9 Å². The van der Waals surface area contributed by atoms with E-state index in [0.29, 0.717) is 5.41 Å². The third kappa shape index (κ3) is 2.79. The standard InChI is InChI=1S/C14H18F3N/c1-14(2)7-5-9(6-8-14)18-11-4-3-10(15)12(16)13(11)17/h3-4,9,18H,5-8H2,1-2H3. The summed E-state index contributed by atoms with van der Waals surface area (Å²) in [5.41, 5.74) is 0.378. The third-order valence-corrected chi connectivity index (χ3v) is 3.73. The zero-order valence-electron chi connectivity index (χ0n) is 10.7. The molecule has 0 atom stereocenters. The SMILES string of the molecule is CC1(C)CCC(Nc2ccc(F)c(F)c2F)CC1. The van der Waals surface area contributed by atoms with Crippen LogP contribution in [-0.2, 0) is 0 Å². The van der Waals surface area contributed by atoms with Gasteiger partial charge in [-0.05, 0) is 43.2 Å². The predicted molar refractivity (Wildman–Crippen MR) is 66.0 cm³/mol. The summed E-state index contributed by atoms with van der Waals surface area (Å²) in [6.07, 6.45) is 3.95. The molecule has 2 rings (SSSR count). The van der Waals surface area contributed by atoms with Crippen molar-refractivity contribution in [1.29, 1.82) is 0 Å². The molecule has 100 valence electrons. The monoisotopic (exact) mass is 257 g/mol. The van der Waals surface area contributed by atoms with Gasteiger partial charge in [0.2, 0.25) is 0 Å². The summed E-state index contributed by atoms with van der Waals surface area (Å²) in [7, 11) is 0. The van der Waals surface area contributed by atoms with Crippen molar-refractivity contribution in [1.82, 2.24) is 0 Å². The Morgan fingerprint density at radius 1 is 1.06 bits per heavy atom. The van der Waals surface area contributed by atoms with Crippen LogP contribution >= 0.6 is 0 Å². The summed E-state index contributed by atoms with van der Waals surface area (Å²) < 4.78 is 39.4. The van der Waals surface area contributed by atoms with Gasteiger partial charge < -0.3 is 5.32 Å². The van der Waals surface area contributed by atoms with Crippen LogP contribution in [0.2, 0.25) is 0 Å². The lowest BCUT2D eigenvalue weighted by atomic mass is 9.75. The first-order chi connectivity index (χ1) is 8.39. The Hall–Kier alpha value is -1.19. The van der Waals surface area contributed by atoms with E-state index in [1.54, 1.807) is 0 Å². The molecule has 0 unspecified atom stereocenters. The first-order valence-electron chi connectivity index (χ1n) is 6.29. The molecular weight excluding hydrogens is 239 g/mol. The summed E-state index contributed by atoms with van der Waals surface area (Å²) in [4.78, 5) is 0. The lowest BCUT2D eigenvalue weighted by Crippen LogP contribution is -2.30. The average molecular weight is 257 g/mol. The van der Waals surface area contributed by atoms with Crippen LogP contribution in [0.15, 0.2) is 12.1 Å². The summed E-state index contributed by atoms with van der Waals surface area (Å²) >= 11 is 0. The summed E-state index contributed by atoms with van der Waals surface area (Å²) in [6.45, 7) is 4.42. The number of nitrogens with one attached hydrogen (secondary N) is 1. The Bertz CT molecular complexity index is 433. The molecule has 0 spiro atoms. The summed E-state index contributed by atoms with van der Waals surface area (Å²) in [5, 5.41) is 2.97. The molecule has 0 amide bonds. The van der Waals surface area contributed by atoms with E-state index in [-0.39, 0.29) is 11.7 Å². The Labute approximate surface area is 105 Å². The molecule has 1 aromatic carbocycles. The zero-order valence-corrected chi connectivity index (χ0v) is 10.7. The molecule has 1 aromatic rings. The Balaban J connectivity index is 2.05. The quantitative estimate of drug-likeness (QED) is 0.770. The predicted octanol–water partition coefficient (Wildman–Crippen LogP) is 4.48. The smallest absolute Gasteiger partial charge is 0.196 e. The van der Waals surface area contributed by atoms with E-state index in [9.17, 15) is 13.2 Å². The molecule has 1 N–H and O–H groups in total. The number of halogens is 3. The lowest BCUT2D eigenvalue weighted by Gasteiger charge is -2.35. The molecule has 1 fully saturated rings. The minimum atomic E-state index is -1.41. The largest absolute Gasteiger partial charge is 0.380 e. The second-order valence-corrected chi connectivity index (χ2v) is 5.81. The fraction of sp³-hybridized carbons (Fsp3) is 0.571. The minimum absolute atomic E-state index is 0.0543. The van der Waals surface area contributed by atoms with E-state index >= 15 is 0 Å². The topological polar surface area (TPSA) is 12.0 Å². The number of anilines is 1. The number of hydrogen-bond acceptors (Lipinski definition) is 1. The van der Waals surface area contributed by atoms with Crippen LogP contribution in [0.1, 0.15) is 39.5 Å². The van der Waals surface area contributed by atoms with Gasteiger partial charge in [-0.25, -0.2) is 13.2 Å². The first-order valence-corrected chi connectivity index (χ1v) is 6.29. The van der Waals surface area contributed by atoms with E-state index in [1.165, 1.54) is 6.07 Å². The molecule has 1 saturated carbocycles. The third-order valence-electron chi connectivity index (χ3n) is 3.73. The van der Waals surface area contributed by atoms with Crippen molar-refractivity contribution >= 4 is 5.69 Å². The summed E-state index contributed by atoms with van der Waals surface area (Å²) in [5.74, 6) is -3.68. The van der Waals surface area contributed by atoms with Crippen LogP contribution < -0.4 is 5.32 Å². The van der Waals surface area contributed by atoms with Crippen LogP contribution in [0.5, 0.6) is 0 Å². The fourth-order valence-corrected chi connectivity index (χ4v) is 2.40.